The number of benzene rings is 2. The maximum Gasteiger partial charge on any atom is 0.407 e. The lowest BCUT2D eigenvalue weighted by Crippen LogP contribution is -2.41. The van der Waals surface area contributed by atoms with Crippen molar-refractivity contribution in [1.29, 1.82) is 0 Å². The maximum absolute atomic E-state index is 13.2. The number of aliphatic carboxylic acids is 1. The van der Waals surface area contributed by atoms with E-state index in [0.717, 1.165) is 19.3 Å². The average molecular weight is 475 g/mol. The van der Waals surface area contributed by atoms with Gasteiger partial charge in [-0.25, -0.2) is 4.79 Å². The van der Waals surface area contributed by atoms with Crippen LogP contribution in [0.15, 0.2) is 48.5 Å². The van der Waals surface area contributed by atoms with Crippen LogP contribution in [-0.4, -0.2) is 54.2 Å². The summed E-state index contributed by atoms with van der Waals surface area (Å²) in [6.07, 6.45) is 2.83. The summed E-state index contributed by atoms with van der Waals surface area (Å²) < 4.78 is 5.64. The smallest absolute Gasteiger partial charge is 0.407 e. The van der Waals surface area contributed by atoms with Crippen LogP contribution in [0.3, 0.4) is 0 Å². The molecule has 2 amide bonds. The maximum atomic E-state index is 13.2. The topological polar surface area (TPSA) is 95.9 Å². The predicted molar refractivity (Wildman–Crippen MR) is 129 cm³/mol. The van der Waals surface area contributed by atoms with Crippen molar-refractivity contribution in [1.82, 2.24) is 10.2 Å². The number of alkyl carbamates (subject to hydrolysis) is 1. The molecule has 2 unspecified atom stereocenters. The Labute approximate surface area is 204 Å². The molecule has 35 heavy (non-hydrogen) atoms. The molecule has 0 spiro atoms. The van der Waals surface area contributed by atoms with E-state index < -0.39 is 17.5 Å². The molecule has 3 aliphatic carbocycles. The minimum absolute atomic E-state index is 0.0112. The minimum Gasteiger partial charge on any atom is -0.481 e. The number of carbonyl (C=O) groups is 3. The summed E-state index contributed by atoms with van der Waals surface area (Å²) in [4.78, 5) is 39.1. The number of fused-ring (bicyclic) bond motifs is 4. The molecular weight excluding hydrogens is 444 g/mol. The first-order valence-electron chi connectivity index (χ1n) is 12.6. The van der Waals surface area contributed by atoms with Crippen LogP contribution in [0.25, 0.3) is 11.1 Å². The molecule has 2 aromatic rings. The first kappa shape index (κ1) is 22.1. The molecule has 0 bridgehead atoms. The van der Waals surface area contributed by atoms with E-state index in [1.807, 2.05) is 24.3 Å². The standard InChI is InChI=1S/C28H30N2O5/c31-25(30-14-18-12-28(18,16-30)26(32)33)19-11-5-6-17(19)13-29-27(34)35-15-24-22-9-3-1-7-20(22)21-8-2-4-10-23(21)24/h1-4,7-10,17-19,24H,5-6,11-16H2,(H,29,34)(H,32,33)/t17-,18?,19-,28?/m0/s1. The van der Waals surface area contributed by atoms with Gasteiger partial charge in [-0.3, -0.25) is 9.59 Å². The van der Waals surface area contributed by atoms with Gasteiger partial charge in [-0.15, -0.1) is 0 Å². The fourth-order valence-electron chi connectivity index (χ4n) is 6.69. The third-order valence-electron chi connectivity index (χ3n) is 8.71. The summed E-state index contributed by atoms with van der Waals surface area (Å²) in [5.74, 6) is -0.722. The van der Waals surface area contributed by atoms with Crippen molar-refractivity contribution in [3.05, 3.63) is 59.7 Å². The quantitative estimate of drug-likeness (QED) is 0.663. The lowest BCUT2D eigenvalue weighted by molar-refractivity contribution is -0.144. The van der Waals surface area contributed by atoms with Gasteiger partial charge in [0.15, 0.2) is 0 Å². The fourth-order valence-corrected chi connectivity index (χ4v) is 6.69. The van der Waals surface area contributed by atoms with Crippen molar-refractivity contribution >= 4 is 18.0 Å². The highest BCUT2D eigenvalue weighted by molar-refractivity contribution is 5.85. The largest absolute Gasteiger partial charge is 0.481 e. The summed E-state index contributed by atoms with van der Waals surface area (Å²) in [6.45, 7) is 1.54. The second-order valence-electron chi connectivity index (χ2n) is 10.6. The van der Waals surface area contributed by atoms with Crippen LogP contribution in [0.5, 0.6) is 0 Å². The Hall–Kier alpha value is -3.35. The van der Waals surface area contributed by atoms with Crippen LogP contribution in [-0.2, 0) is 14.3 Å². The van der Waals surface area contributed by atoms with E-state index in [1.165, 1.54) is 22.3 Å². The molecule has 182 valence electrons. The first-order valence-corrected chi connectivity index (χ1v) is 12.6. The number of carboxylic acids is 1. The molecule has 2 N–H and O–H groups in total. The Kier molecular flexibility index (Phi) is 5.31. The van der Waals surface area contributed by atoms with Crippen LogP contribution in [0.1, 0.15) is 42.7 Å². The molecule has 2 aromatic carbocycles. The van der Waals surface area contributed by atoms with Gasteiger partial charge >= 0.3 is 12.1 Å². The van der Waals surface area contributed by atoms with Crippen LogP contribution in [0.2, 0.25) is 0 Å². The van der Waals surface area contributed by atoms with Gasteiger partial charge < -0.3 is 20.1 Å². The molecule has 4 aliphatic rings. The average Bonchev–Trinajstić information content (AvgIpc) is 3.20. The Morgan fingerprint density at radius 1 is 1.03 bits per heavy atom. The fraction of sp³-hybridized carbons (Fsp3) is 0.464. The van der Waals surface area contributed by atoms with E-state index in [0.29, 0.717) is 26.1 Å². The van der Waals surface area contributed by atoms with Gasteiger partial charge in [-0.1, -0.05) is 55.0 Å². The zero-order valence-electron chi connectivity index (χ0n) is 19.6. The molecular formula is C28H30N2O5. The highest BCUT2D eigenvalue weighted by atomic mass is 16.5. The third-order valence-corrected chi connectivity index (χ3v) is 8.71. The minimum atomic E-state index is -0.780. The number of nitrogens with zero attached hydrogens (tertiary/aromatic N) is 1. The van der Waals surface area contributed by atoms with Crippen LogP contribution < -0.4 is 5.32 Å². The van der Waals surface area contributed by atoms with E-state index >= 15 is 0 Å². The van der Waals surface area contributed by atoms with Gasteiger partial charge in [0.25, 0.3) is 0 Å². The molecule has 0 radical (unpaired) electrons. The van der Waals surface area contributed by atoms with Gasteiger partial charge in [0.05, 0.1) is 5.41 Å². The zero-order chi connectivity index (χ0) is 24.2. The monoisotopic (exact) mass is 474 g/mol. The Morgan fingerprint density at radius 3 is 2.37 bits per heavy atom. The highest BCUT2D eigenvalue weighted by Crippen LogP contribution is 2.58. The second kappa shape index (κ2) is 8.40. The van der Waals surface area contributed by atoms with Gasteiger partial charge in [-0.05, 0) is 53.4 Å². The Balaban J connectivity index is 1.03. The number of hydrogen-bond acceptors (Lipinski definition) is 4. The lowest BCUT2D eigenvalue weighted by Gasteiger charge is -2.26. The summed E-state index contributed by atoms with van der Waals surface area (Å²) in [6, 6.07) is 16.5. The van der Waals surface area contributed by atoms with E-state index in [4.69, 9.17) is 4.74 Å². The highest BCUT2D eigenvalue weighted by Gasteiger charge is 2.66. The predicted octanol–water partition coefficient (Wildman–Crippen LogP) is 3.87. The summed E-state index contributed by atoms with van der Waals surface area (Å²) in [5, 5.41) is 12.4. The van der Waals surface area contributed by atoms with Crippen LogP contribution >= 0.6 is 0 Å². The number of carbonyl (C=O) groups excluding carboxylic acids is 2. The molecule has 7 nitrogen and oxygen atoms in total. The summed E-state index contributed by atoms with van der Waals surface area (Å²) >= 11 is 0. The number of ether oxygens (including phenoxy) is 1. The number of likely N-dealkylation sites (tertiary alicyclic amines) is 1. The van der Waals surface area contributed by atoms with Crippen molar-refractivity contribution in [3.63, 3.8) is 0 Å². The van der Waals surface area contributed by atoms with E-state index in [1.54, 1.807) is 4.90 Å². The van der Waals surface area contributed by atoms with Gasteiger partial charge in [0, 0.05) is 31.5 Å². The van der Waals surface area contributed by atoms with Crippen molar-refractivity contribution in [2.75, 3.05) is 26.2 Å². The molecule has 1 aliphatic heterocycles. The number of nitrogens with one attached hydrogen (secondary N) is 1. The third kappa shape index (κ3) is 3.68. The van der Waals surface area contributed by atoms with Gasteiger partial charge in [0.2, 0.25) is 5.91 Å². The van der Waals surface area contributed by atoms with Crippen LogP contribution in [0, 0.1) is 23.2 Å². The SMILES string of the molecule is O=C(NC[C@@H]1CCC[C@@H]1C(=O)N1CC2CC2(C(=O)O)C1)OCC1c2ccccc2-c2ccccc21. The normalized spacial score (nSPS) is 28.2. The van der Waals surface area contributed by atoms with E-state index in [9.17, 15) is 19.5 Å². The zero-order valence-corrected chi connectivity index (χ0v) is 19.6. The number of hydrogen-bond donors (Lipinski definition) is 2. The molecule has 2 saturated carbocycles. The van der Waals surface area contributed by atoms with E-state index in [-0.39, 0.29) is 36.2 Å². The number of carboxylic acid groups (broad SMARTS) is 1. The summed E-state index contributed by atoms with van der Waals surface area (Å²) in [7, 11) is 0. The molecule has 7 heteroatoms. The van der Waals surface area contributed by atoms with E-state index in [2.05, 4.69) is 29.6 Å². The molecule has 0 aromatic heterocycles. The Morgan fingerprint density at radius 2 is 1.71 bits per heavy atom. The molecule has 3 fully saturated rings. The molecule has 1 saturated heterocycles. The summed E-state index contributed by atoms with van der Waals surface area (Å²) in [5.41, 5.74) is 4.02. The molecule has 6 rings (SSSR count). The lowest BCUT2D eigenvalue weighted by atomic mass is 9.94. The number of amides is 2. The molecule has 1 heterocycles. The number of rotatable bonds is 6. The first-order chi connectivity index (χ1) is 17.0. The molecule has 4 atom stereocenters. The van der Waals surface area contributed by atoms with Crippen molar-refractivity contribution < 1.29 is 24.2 Å². The second-order valence-corrected chi connectivity index (χ2v) is 10.6. The van der Waals surface area contributed by atoms with Crippen molar-refractivity contribution in [2.45, 2.75) is 31.6 Å². The van der Waals surface area contributed by atoms with Gasteiger partial charge in [-0.2, -0.15) is 0 Å². The number of piperidine rings is 1. The van der Waals surface area contributed by atoms with Crippen LogP contribution in [0.4, 0.5) is 4.79 Å². The van der Waals surface area contributed by atoms with Crippen molar-refractivity contribution in [2.24, 2.45) is 23.2 Å². The van der Waals surface area contributed by atoms with Crippen molar-refractivity contribution in [3.8, 4) is 11.1 Å². The Bertz CT molecular complexity index is 1150. The van der Waals surface area contributed by atoms with Gasteiger partial charge in [0.1, 0.15) is 6.61 Å².